The molecule has 1 heterocycles. The van der Waals surface area contributed by atoms with E-state index in [0.717, 1.165) is 28.2 Å². The zero-order valence-electron chi connectivity index (χ0n) is 19.6. The highest BCUT2D eigenvalue weighted by atomic mass is 32.2. The molecule has 0 unspecified atom stereocenters. The molecule has 0 bridgehead atoms. The van der Waals surface area contributed by atoms with E-state index in [4.69, 9.17) is 4.74 Å². The van der Waals surface area contributed by atoms with Gasteiger partial charge in [-0.1, -0.05) is 41.6 Å². The number of aryl methyl sites for hydroxylation is 1. The monoisotopic (exact) mass is 473 g/mol. The Kier molecular flexibility index (Phi) is 7.18. The van der Waals surface area contributed by atoms with E-state index in [2.05, 4.69) is 15.5 Å². The number of nitrogens with zero attached hydrogens (tertiary/aromatic N) is 4. The first kappa shape index (κ1) is 23.4. The summed E-state index contributed by atoms with van der Waals surface area (Å²) in [4.78, 5) is 14.7. The molecule has 8 heteroatoms. The average molecular weight is 474 g/mol. The van der Waals surface area contributed by atoms with Crippen LogP contribution in [0.25, 0.3) is 17.1 Å². The van der Waals surface area contributed by atoms with Gasteiger partial charge in [0.15, 0.2) is 11.0 Å². The highest BCUT2D eigenvalue weighted by Gasteiger charge is 2.19. The number of carbonyl (C=O) groups excluding carboxylic acids is 1. The number of para-hydroxylation sites is 1. The van der Waals surface area contributed by atoms with Crippen LogP contribution in [0, 0.1) is 6.92 Å². The number of aromatic nitrogens is 3. The minimum atomic E-state index is -0.111. The molecule has 1 N–H and O–H groups in total. The van der Waals surface area contributed by atoms with Gasteiger partial charge in [0.1, 0.15) is 5.75 Å². The SMILES string of the molecule is COc1ccccc1-c1nnc(SCC(=O)Nc2ccc(N(C)C)cc2)n1-c1ccc(C)cc1. The summed E-state index contributed by atoms with van der Waals surface area (Å²) in [6.07, 6.45) is 0. The predicted molar refractivity (Wildman–Crippen MR) is 138 cm³/mol. The number of rotatable bonds is 8. The lowest BCUT2D eigenvalue weighted by Crippen LogP contribution is -2.15. The summed E-state index contributed by atoms with van der Waals surface area (Å²) >= 11 is 1.34. The molecule has 0 fully saturated rings. The van der Waals surface area contributed by atoms with Crippen molar-refractivity contribution < 1.29 is 9.53 Å². The number of thioether (sulfide) groups is 1. The molecular weight excluding hydrogens is 446 g/mol. The van der Waals surface area contributed by atoms with Crippen LogP contribution in [0.15, 0.2) is 78.0 Å². The molecule has 34 heavy (non-hydrogen) atoms. The van der Waals surface area contributed by atoms with Gasteiger partial charge in [-0.05, 0) is 55.5 Å². The fourth-order valence-electron chi connectivity index (χ4n) is 3.46. The number of hydrogen-bond donors (Lipinski definition) is 1. The molecule has 0 aliphatic heterocycles. The van der Waals surface area contributed by atoms with Gasteiger partial charge < -0.3 is 15.0 Å². The van der Waals surface area contributed by atoms with Crippen LogP contribution in [0.2, 0.25) is 0 Å². The van der Waals surface area contributed by atoms with Crippen LogP contribution >= 0.6 is 11.8 Å². The van der Waals surface area contributed by atoms with Crippen molar-refractivity contribution in [3.8, 4) is 22.8 Å². The molecular formula is C26H27N5O2S. The predicted octanol–water partition coefficient (Wildman–Crippen LogP) is 5.05. The van der Waals surface area contributed by atoms with Gasteiger partial charge in [0, 0.05) is 31.2 Å². The van der Waals surface area contributed by atoms with Crippen LogP contribution < -0.4 is 15.0 Å². The lowest BCUT2D eigenvalue weighted by atomic mass is 10.1. The molecule has 1 amide bonds. The summed E-state index contributed by atoms with van der Waals surface area (Å²) in [6, 6.07) is 23.6. The lowest BCUT2D eigenvalue weighted by molar-refractivity contribution is -0.113. The van der Waals surface area contributed by atoms with E-state index in [1.54, 1.807) is 7.11 Å². The number of carbonyl (C=O) groups is 1. The molecule has 174 valence electrons. The summed E-state index contributed by atoms with van der Waals surface area (Å²) in [5.41, 5.74) is 4.73. The third kappa shape index (κ3) is 5.23. The number of amides is 1. The summed E-state index contributed by atoms with van der Waals surface area (Å²) in [5.74, 6) is 1.45. The summed E-state index contributed by atoms with van der Waals surface area (Å²) in [5, 5.41) is 12.4. The van der Waals surface area contributed by atoms with Gasteiger partial charge in [0.2, 0.25) is 5.91 Å². The Bertz CT molecular complexity index is 1270. The Balaban J connectivity index is 1.58. The zero-order chi connectivity index (χ0) is 24.1. The van der Waals surface area contributed by atoms with Crippen molar-refractivity contribution in [2.75, 3.05) is 37.2 Å². The van der Waals surface area contributed by atoms with Crippen LogP contribution in [-0.4, -0.2) is 47.6 Å². The topological polar surface area (TPSA) is 72.3 Å². The number of ether oxygens (including phenoxy) is 1. The average Bonchev–Trinajstić information content (AvgIpc) is 3.27. The van der Waals surface area contributed by atoms with E-state index in [-0.39, 0.29) is 11.7 Å². The molecule has 4 rings (SSSR count). The number of benzene rings is 3. The molecule has 0 radical (unpaired) electrons. The van der Waals surface area contributed by atoms with Crippen LogP contribution in [-0.2, 0) is 4.79 Å². The summed E-state index contributed by atoms with van der Waals surface area (Å²) in [6.45, 7) is 2.04. The van der Waals surface area contributed by atoms with E-state index >= 15 is 0 Å². The Morgan fingerprint density at radius 1 is 1.00 bits per heavy atom. The molecule has 0 atom stereocenters. The molecule has 4 aromatic rings. The van der Waals surface area contributed by atoms with Crippen molar-refractivity contribution >= 4 is 29.0 Å². The Hall–Kier alpha value is -3.78. The number of methoxy groups -OCH3 is 1. The van der Waals surface area contributed by atoms with Gasteiger partial charge in [-0.3, -0.25) is 9.36 Å². The van der Waals surface area contributed by atoms with E-state index in [0.29, 0.717) is 16.7 Å². The van der Waals surface area contributed by atoms with Crippen molar-refractivity contribution in [2.24, 2.45) is 0 Å². The molecule has 0 spiro atoms. The minimum Gasteiger partial charge on any atom is -0.496 e. The first-order valence-corrected chi connectivity index (χ1v) is 11.8. The van der Waals surface area contributed by atoms with Crippen LogP contribution in [0.1, 0.15) is 5.56 Å². The van der Waals surface area contributed by atoms with Gasteiger partial charge in [0.25, 0.3) is 0 Å². The van der Waals surface area contributed by atoms with Crippen LogP contribution in [0.4, 0.5) is 11.4 Å². The second kappa shape index (κ2) is 10.4. The molecule has 1 aromatic heterocycles. The molecule has 0 saturated heterocycles. The van der Waals surface area contributed by atoms with E-state index in [9.17, 15) is 4.79 Å². The van der Waals surface area contributed by atoms with Crippen molar-refractivity contribution in [3.05, 3.63) is 78.4 Å². The Labute approximate surface area is 203 Å². The second-order valence-corrected chi connectivity index (χ2v) is 8.90. The van der Waals surface area contributed by atoms with Crippen molar-refractivity contribution in [3.63, 3.8) is 0 Å². The van der Waals surface area contributed by atoms with E-state index in [1.807, 2.05) is 103 Å². The van der Waals surface area contributed by atoms with Crippen LogP contribution in [0.5, 0.6) is 5.75 Å². The first-order valence-electron chi connectivity index (χ1n) is 10.8. The lowest BCUT2D eigenvalue weighted by Gasteiger charge is -2.13. The molecule has 0 aliphatic rings. The van der Waals surface area contributed by atoms with Gasteiger partial charge in [-0.2, -0.15) is 0 Å². The largest absolute Gasteiger partial charge is 0.496 e. The highest BCUT2D eigenvalue weighted by molar-refractivity contribution is 7.99. The minimum absolute atomic E-state index is 0.111. The third-order valence-corrected chi connectivity index (χ3v) is 6.20. The number of anilines is 2. The van der Waals surface area contributed by atoms with Gasteiger partial charge >= 0.3 is 0 Å². The maximum atomic E-state index is 12.7. The normalized spacial score (nSPS) is 10.7. The van der Waals surface area contributed by atoms with Gasteiger partial charge in [-0.25, -0.2) is 0 Å². The number of hydrogen-bond acceptors (Lipinski definition) is 6. The van der Waals surface area contributed by atoms with E-state index in [1.165, 1.54) is 11.8 Å². The Morgan fingerprint density at radius 3 is 2.38 bits per heavy atom. The maximum absolute atomic E-state index is 12.7. The summed E-state index contributed by atoms with van der Waals surface area (Å²) < 4.78 is 7.51. The molecule has 7 nitrogen and oxygen atoms in total. The second-order valence-electron chi connectivity index (χ2n) is 7.96. The number of nitrogens with one attached hydrogen (secondary N) is 1. The molecule has 0 aliphatic carbocycles. The molecule has 0 saturated carbocycles. The molecule has 3 aromatic carbocycles. The van der Waals surface area contributed by atoms with Crippen molar-refractivity contribution in [2.45, 2.75) is 12.1 Å². The van der Waals surface area contributed by atoms with Crippen molar-refractivity contribution in [1.82, 2.24) is 14.8 Å². The van der Waals surface area contributed by atoms with E-state index < -0.39 is 0 Å². The summed E-state index contributed by atoms with van der Waals surface area (Å²) in [7, 11) is 5.60. The third-order valence-electron chi connectivity index (χ3n) is 5.27. The smallest absolute Gasteiger partial charge is 0.234 e. The van der Waals surface area contributed by atoms with Crippen LogP contribution in [0.3, 0.4) is 0 Å². The highest BCUT2D eigenvalue weighted by Crippen LogP contribution is 2.33. The quantitative estimate of drug-likeness (QED) is 0.361. The first-order chi connectivity index (χ1) is 16.5. The zero-order valence-corrected chi connectivity index (χ0v) is 20.5. The van der Waals surface area contributed by atoms with Gasteiger partial charge in [0.05, 0.1) is 18.4 Å². The fraction of sp³-hybridized carbons (Fsp3) is 0.192. The standard InChI is InChI=1S/C26H27N5O2S/c1-18-9-13-21(14-10-18)31-25(22-7-5-6-8-23(22)33-4)28-29-26(31)34-17-24(32)27-19-11-15-20(16-12-19)30(2)3/h5-16H,17H2,1-4H3,(H,27,32). The van der Waals surface area contributed by atoms with Crippen molar-refractivity contribution in [1.29, 1.82) is 0 Å². The van der Waals surface area contributed by atoms with Gasteiger partial charge in [-0.15, -0.1) is 10.2 Å². The fourth-order valence-corrected chi connectivity index (χ4v) is 4.22. The Morgan fingerprint density at radius 2 is 1.71 bits per heavy atom. The maximum Gasteiger partial charge on any atom is 0.234 e.